The summed E-state index contributed by atoms with van der Waals surface area (Å²) in [4.78, 5) is 29.5. The molecule has 1 aliphatic rings. The van der Waals surface area contributed by atoms with Gasteiger partial charge in [-0.2, -0.15) is 5.26 Å². The normalized spacial score (nSPS) is 22.7. The fourth-order valence-electron chi connectivity index (χ4n) is 3.72. The van der Waals surface area contributed by atoms with Crippen molar-refractivity contribution >= 4 is 11.8 Å². The van der Waals surface area contributed by atoms with E-state index in [2.05, 4.69) is 6.07 Å². The van der Waals surface area contributed by atoms with Crippen LogP contribution in [-0.2, 0) is 22.4 Å². The van der Waals surface area contributed by atoms with Crippen LogP contribution in [0.1, 0.15) is 23.6 Å². The van der Waals surface area contributed by atoms with Crippen LogP contribution in [0.4, 0.5) is 0 Å². The van der Waals surface area contributed by atoms with Gasteiger partial charge in [0, 0.05) is 26.9 Å². The zero-order valence-electron chi connectivity index (χ0n) is 15.8. The van der Waals surface area contributed by atoms with Crippen LogP contribution in [0.15, 0.2) is 54.6 Å². The molecule has 2 aromatic carbocycles. The van der Waals surface area contributed by atoms with Crippen molar-refractivity contribution in [2.45, 2.75) is 31.3 Å². The molecule has 0 bridgehead atoms. The molecule has 1 saturated heterocycles. The summed E-state index contributed by atoms with van der Waals surface area (Å²) in [6, 6.07) is 18.5. The maximum absolute atomic E-state index is 13.2. The van der Waals surface area contributed by atoms with E-state index in [0.717, 1.165) is 11.1 Å². The summed E-state index contributed by atoms with van der Waals surface area (Å²) in [6.07, 6.45) is 0.789. The van der Waals surface area contributed by atoms with Gasteiger partial charge in [-0.05, 0) is 24.1 Å². The van der Waals surface area contributed by atoms with Gasteiger partial charge in [0.05, 0.1) is 11.6 Å². The molecular weight excluding hydrogens is 338 g/mol. The lowest BCUT2D eigenvalue weighted by atomic mass is 9.85. The van der Waals surface area contributed by atoms with Crippen LogP contribution in [0.5, 0.6) is 0 Å². The number of hydrogen-bond donors (Lipinski definition) is 0. The molecule has 0 spiro atoms. The Morgan fingerprint density at radius 3 is 2.33 bits per heavy atom. The summed E-state index contributed by atoms with van der Waals surface area (Å²) >= 11 is 0. The second-order valence-electron chi connectivity index (χ2n) is 7.24. The van der Waals surface area contributed by atoms with Crippen LogP contribution in [-0.4, -0.2) is 47.3 Å². The molecular formula is C22H23N3O2. The van der Waals surface area contributed by atoms with E-state index < -0.39 is 11.6 Å². The van der Waals surface area contributed by atoms with E-state index in [0.29, 0.717) is 18.4 Å². The number of hydrogen-bond acceptors (Lipinski definition) is 3. The van der Waals surface area contributed by atoms with Gasteiger partial charge < -0.3 is 9.80 Å². The van der Waals surface area contributed by atoms with Crippen molar-refractivity contribution in [2.24, 2.45) is 0 Å². The number of nitrogens with zero attached hydrogens (tertiary/aromatic N) is 3. The van der Waals surface area contributed by atoms with E-state index in [4.69, 9.17) is 0 Å². The zero-order valence-corrected chi connectivity index (χ0v) is 15.8. The van der Waals surface area contributed by atoms with Crippen molar-refractivity contribution in [3.05, 3.63) is 71.3 Å². The van der Waals surface area contributed by atoms with Crippen molar-refractivity contribution in [1.82, 2.24) is 9.80 Å². The summed E-state index contributed by atoms with van der Waals surface area (Å²) in [5, 5.41) is 9.30. The van der Waals surface area contributed by atoms with Gasteiger partial charge in [0.25, 0.3) is 0 Å². The zero-order chi connectivity index (χ0) is 19.6. The number of carbonyl (C=O) groups excluding carboxylic acids is 2. The molecule has 1 aliphatic heterocycles. The van der Waals surface area contributed by atoms with Gasteiger partial charge in [0.2, 0.25) is 11.8 Å². The van der Waals surface area contributed by atoms with Gasteiger partial charge in [0.15, 0.2) is 0 Å². The van der Waals surface area contributed by atoms with Gasteiger partial charge in [-0.15, -0.1) is 0 Å². The molecule has 5 heteroatoms. The van der Waals surface area contributed by atoms with E-state index >= 15 is 0 Å². The molecule has 0 aromatic heterocycles. The van der Waals surface area contributed by atoms with Crippen LogP contribution < -0.4 is 0 Å². The Morgan fingerprint density at radius 2 is 1.67 bits per heavy atom. The summed E-state index contributed by atoms with van der Waals surface area (Å²) in [6.45, 7) is 1.82. The first-order chi connectivity index (χ1) is 12.9. The van der Waals surface area contributed by atoms with Crippen molar-refractivity contribution in [1.29, 1.82) is 5.26 Å². The Morgan fingerprint density at radius 1 is 1.04 bits per heavy atom. The first kappa shape index (κ1) is 18.7. The predicted molar refractivity (Wildman–Crippen MR) is 103 cm³/mol. The number of piperazine rings is 1. The summed E-state index contributed by atoms with van der Waals surface area (Å²) in [7, 11) is 3.37. The number of nitriles is 1. The third-order valence-electron chi connectivity index (χ3n) is 5.55. The molecule has 2 amide bonds. The van der Waals surface area contributed by atoms with E-state index in [1.165, 1.54) is 0 Å². The summed E-state index contributed by atoms with van der Waals surface area (Å²) < 4.78 is 0. The van der Waals surface area contributed by atoms with Crippen molar-refractivity contribution in [3.63, 3.8) is 0 Å². The fraction of sp³-hybridized carbons (Fsp3) is 0.318. The molecule has 27 heavy (non-hydrogen) atoms. The first-order valence-electron chi connectivity index (χ1n) is 8.95. The van der Waals surface area contributed by atoms with Gasteiger partial charge in [0.1, 0.15) is 11.6 Å². The second-order valence-corrected chi connectivity index (χ2v) is 7.24. The van der Waals surface area contributed by atoms with E-state index in [1.54, 1.807) is 36.0 Å². The van der Waals surface area contributed by atoms with E-state index in [9.17, 15) is 14.9 Å². The fourth-order valence-corrected chi connectivity index (χ4v) is 3.72. The monoisotopic (exact) mass is 361 g/mol. The van der Waals surface area contributed by atoms with Crippen LogP contribution in [0.3, 0.4) is 0 Å². The standard InChI is InChI=1S/C22H23N3O2/c1-22(14-16-9-5-4-6-10-16)21(27)24(2)19(20(26)25(22)3)13-17-11-7-8-12-18(17)15-23/h4-12,19H,13-14H2,1-3H3/t19-,22-/m0/s1. The van der Waals surface area contributed by atoms with E-state index in [1.807, 2.05) is 49.4 Å². The number of rotatable bonds is 4. The number of likely N-dealkylation sites (N-methyl/N-ethyl adjacent to an activating group) is 2. The molecule has 0 radical (unpaired) electrons. The molecule has 0 saturated carbocycles. The second kappa shape index (κ2) is 7.24. The Balaban J connectivity index is 1.89. The SMILES string of the molecule is CN1C(=O)[C@](C)(Cc2ccccc2)N(C)C(=O)[C@@H]1Cc1ccccc1C#N. The van der Waals surface area contributed by atoms with Gasteiger partial charge in [-0.25, -0.2) is 0 Å². The highest BCUT2D eigenvalue weighted by Crippen LogP contribution is 2.30. The van der Waals surface area contributed by atoms with Crippen LogP contribution in [0.2, 0.25) is 0 Å². The third kappa shape index (κ3) is 3.31. The first-order valence-corrected chi connectivity index (χ1v) is 8.95. The van der Waals surface area contributed by atoms with E-state index in [-0.39, 0.29) is 11.8 Å². The van der Waals surface area contributed by atoms with Crippen LogP contribution in [0, 0.1) is 11.3 Å². The van der Waals surface area contributed by atoms with Crippen molar-refractivity contribution in [2.75, 3.05) is 14.1 Å². The Labute approximate surface area is 159 Å². The minimum Gasteiger partial charge on any atom is -0.331 e. The number of carbonyl (C=O) groups is 2. The summed E-state index contributed by atoms with van der Waals surface area (Å²) in [5.41, 5.74) is 1.39. The molecule has 1 heterocycles. The number of amides is 2. The lowest BCUT2D eigenvalue weighted by Crippen LogP contribution is -2.69. The van der Waals surface area contributed by atoms with Gasteiger partial charge >= 0.3 is 0 Å². The maximum atomic E-state index is 13.2. The Bertz CT molecular complexity index is 903. The van der Waals surface area contributed by atoms with Crippen LogP contribution >= 0.6 is 0 Å². The van der Waals surface area contributed by atoms with Crippen molar-refractivity contribution in [3.8, 4) is 6.07 Å². The third-order valence-corrected chi connectivity index (χ3v) is 5.55. The molecule has 2 atom stereocenters. The number of benzene rings is 2. The highest BCUT2D eigenvalue weighted by molar-refractivity contribution is 5.99. The molecule has 0 unspecified atom stereocenters. The minimum atomic E-state index is -0.932. The highest BCUT2D eigenvalue weighted by atomic mass is 16.2. The Hall–Kier alpha value is -3.13. The smallest absolute Gasteiger partial charge is 0.249 e. The average molecular weight is 361 g/mol. The lowest BCUT2D eigenvalue weighted by molar-refractivity contribution is -0.166. The largest absolute Gasteiger partial charge is 0.331 e. The molecule has 138 valence electrons. The molecule has 5 nitrogen and oxygen atoms in total. The minimum absolute atomic E-state index is 0.0899. The molecule has 3 rings (SSSR count). The molecule has 2 aromatic rings. The average Bonchev–Trinajstić information content (AvgIpc) is 2.69. The van der Waals surface area contributed by atoms with Gasteiger partial charge in [-0.1, -0.05) is 48.5 Å². The molecule has 0 N–H and O–H groups in total. The molecule has 0 aliphatic carbocycles. The topological polar surface area (TPSA) is 64.4 Å². The highest BCUT2D eigenvalue weighted by Gasteiger charge is 2.50. The maximum Gasteiger partial charge on any atom is 0.249 e. The lowest BCUT2D eigenvalue weighted by Gasteiger charge is -2.48. The quantitative estimate of drug-likeness (QED) is 0.840. The van der Waals surface area contributed by atoms with Crippen LogP contribution in [0.25, 0.3) is 0 Å². The predicted octanol–water partition coefficient (Wildman–Crippen LogP) is 2.40. The van der Waals surface area contributed by atoms with Crippen molar-refractivity contribution < 1.29 is 9.59 Å². The Kier molecular flexibility index (Phi) is 5.00. The summed E-state index contributed by atoms with van der Waals surface area (Å²) in [5.74, 6) is -0.198. The van der Waals surface area contributed by atoms with Gasteiger partial charge in [-0.3, -0.25) is 9.59 Å². The molecule has 1 fully saturated rings.